The Balaban J connectivity index is 1.71. The number of ether oxygens (including phenoxy) is 1. The van der Waals surface area contributed by atoms with Crippen molar-refractivity contribution in [2.45, 2.75) is 6.54 Å². The fraction of sp³-hybridized carbons (Fsp3) is 0.136. The van der Waals surface area contributed by atoms with Crippen molar-refractivity contribution in [2.24, 2.45) is 7.05 Å². The number of amides is 1. The number of H-pyrrole nitrogens is 1. The number of carbonyl (C=O) groups is 1. The van der Waals surface area contributed by atoms with Crippen molar-refractivity contribution in [1.82, 2.24) is 19.4 Å². The molecule has 4 rings (SSSR count). The van der Waals surface area contributed by atoms with Crippen molar-refractivity contribution in [3.63, 3.8) is 0 Å². The van der Waals surface area contributed by atoms with E-state index in [1.807, 2.05) is 24.3 Å². The molecule has 152 valence electrons. The highest BCUT2D eigenvalue weighted by Crippen LogP contribution is 2.16. The van der Waals surface area contributed by atoms with Crippen LogP contribution in [0.25, 0.3) is 16.7 Å². The van der Waals surface area contributed by atoms with E-state index in [0.29, 0.717) is 11.4 Å². The van der Waals surface area contributed by atoms with Crippen LogP contribution < -0.4 is 21.3 Å². The fourth-order valence-corrected chi connectivity index (χ4v) is 3.42. The van der Waals surface area contributed by atoms with Gasteiger partial charge in [0.25, 0.3) is 11.5 Å². The van der Waals surface area contributed by atoms with Crippen molar-refractivity contribution in [3.8, 4) is 11.4 Å². The number of aryl methyl sites for hydroxylation is 1. The molecule has 8 nitrogen and oxygen atoms in total. The Hall–Kier alpha value is -4.07. The minimum Gasteiger partial charge on any atom is -0.497 e. The van der Waals surface area contributed by atoms with Crippen LogP contribution in [0.1, 0.15) is 15.9 Å². The summed E-state index contributed by atoms with van der Waals surface area (Å²) in [6.45, 7) is 0.276. The molecule has 0 fully saturated rings. The number of fused-ring (bicyclic) bond motifs is 1. The summed E-state index contributed by atoms with van der Waals surface area (Å²) in [4.78, 5) is 41.2. The summed E-state index contributed by atoms with van der Waals surface area (Å²) in [6.07, 6.45) is 1.54. The van der Waals surface area contributed by atoms with Crippen LogP contribution in [0.15, 0.2) is 70.4 Å². The van der Waals surface area contributed by atoms with Gasteiger partial charge in [0.1, 0.15) is 11.3 Å². The molecule has 2 N–H and O–H groups in total. The number of benzene rings is 2. The van der Waals surface area contributed by atoms with Gasteiger partial charge in [0.05, 0.1) is 23.9 Å². The number of aromatic amines is 1. The molecular weight excluding hydrogens is 384 g/mol. The number of rotatable bonds is 5. The Morgan fingerprint density at radius 1 is 1.10 bits per heavy atom. The Labute approximate surface area is 171 Å². The molecule has 1 amide bonds. The van der Waals surface area contributed by atoms with Crippen LogP contribution in [0.3, 0.4) is 0 Å². The van der Waals surface area contributed by atoms with Crippen LogP contribution >= 0.6 is 0 Å². The monoisotopic (exact) mass is 404 g/mol. The third-order valence-electron chi connectivity index (χ3n) is 4.87. The molecule has 30 heavy (non-hydrogen) atoms. The predicted octanol–water partition coefficient (Wildman–Crippen LogP) is 1.96. The van der Waals surface area contributed by atoms with E-state index in [9.17, 15) is 14.4 Å². The lowest BCUT2D eigenvalue weighted by Crippen LogP contribution is -2.34. The Morgan fingerprint density at radius 3 is 2.60 bits per heavy atom. The standard InChI is InChI=1S/C22H20N4O4/c1-25-13-17(20(27)23-12-14-7-6-10-16(11-14)30-2)18-19(25)21(28)26(22(29)24-18)15-8-4-3-5-9-15/h3-11,13H,12H2,1-2H3,(H,23,27)(H,24,29). The van der Waals surface area contributed by atoms with Crippen LogP contribution in [0.4, 0.5) is 0 Å². The van der Waals surface area contributed by atoms with E-state index in [-0.39, 0.29) is 23.1 Å². The topological polar surface area (TPSA) is 98.1 Å². The third kappa shape index (κ3) is 3.39. The highest BCUT2D eigenvalue weighted by Gasteiger charge is 2.20. The molecule has 0 aliphatic heterocycles. The van der Waals surface area contributed by atoms with Gasteiger partial charge in [-0.1, -0.05) is 30.3 Å². The highest BCUT2D eigenvalue weighted by atomic mass is 16.5. The zero-order valence-electron chi connectivity index (χ0n) is 16.5. The van der Waals surface area contributed by atoms with E-state index in [1.165, 1.54) is 6.20 Å². The van der Waals surface area contributed by atoms with Crippen molar-refractivity contribution in [1.29, 1.82) is 0 Å². The first-order chi connectivity index (χ1) is 14.5. The quantitative estimate of drug-likeness (QED) is 0.531. The molecule has 0 aliphatic carbocycles. The van der Waals surface area contributed by atoms with Gasteiger partial charge < -0.3 is 19.6 Å². The highest BCUT2D eigenvalue weighted by molar-refractivity contribution is 6.05. The number of hydrogen-bond donors (Lipinski definition) is 2. The lowest BCUT2D eigenvalue weighted by Gasteiger charge is -2.07. The maximum Gasteiger partial charge on any atom is 0.333 e. The molecule has 0 unspecified atom stereocenters. The minimum absolute atomic E-state index is 0.211. The van der Waals surface area contributed by atoms with E-state index in [0.717, 1.165) is 10.1 Å². The van der Waals surface area contributed by atoms with Gasteiger partial charge in [-0.15, -0.1) is 0 Å². The van der Waals surface area contributed by atoms with Gasteiger partial charge in [-0.05, 0) is 29.8 Å². The SMILES string of the molecule is COc1cccc(CNC(=O)c2cn(C)c3c(=O)n(-c4ccccc4)c(=O)[nH]c23)c1. The molecule has 4 aromatic rings. The summed E-state index contributed by atoms with van der Waals surface area (Å²) >= 11 is 0. The van der Waals surface area contributed by atoms with Crippen molar-refractivity contribution in [3.05, 3.63) is 92.8 Å². The van der Waals surface area contributed by atoms with E-state index >= 15 is 0 Å². The van der Waals surface area contributed by atoms with Crippen LogP contribution in [-0.2, 0) is 13.6 Å². The van der Waals surface area contributed by atoms with Gasteiger partial charge in [0.2, 0.25) is 0 Å². The molecule has 0 spiro atoms. The van der Waals surface area contributed by atoms with Crippen molar-refractivity contribution in [2.75, 3.05) is 7.11 Å². The second-order valence-electron chi connectivity index (χ2n) is 6.82. The largest absolute Gasteiger partial charge is 0.497 e. The lowest BCUT2D eigenvalue weighted by atomic mass is 10.2. The normalized spacial score (nSPS) is 10.9. The summed E-state index contributed by atoms with van der Waals surface area (Å²) < 4.78 is 7.79. The minimum atomic E-state index is -0.605. The van der Waals surface area contributed by atoms with Gasteiger partial charge in [-0.3, -0.25) is 9.59 Å². The molecule has 2 aromatic heterocycles. The van der Waals surface area contributed by atoms with Gasteiger partial charge in [0, 0.05) is 19.8 Å². The molecule has 0 bridgehead atoms. The van der Waals surface area contributed by atoms with Gasteiger partial charge in [0.15, 0.2) is 0 Å². The maximum absolute atomic E-state index is 13.0. The number of nitrogens with zero attached hydrogens (tertiary/aromatic N) is 2. The number of aromatic nitrogens is 3. The van der Waals surface area contributed by atoms with E-state index in [4.69, 9.17) is 4.74 Å². The molecular formula is C22H20N4O4. The number of hydrogen-bond acceptors (Lipinski definition) is 4. The number of nitrogens with one attached hydrogen (secondary N) is 2. The Morgan fingerprint density at radius 2 is 1.87 bits per heavy atom. The summed E-state index contributed by atoms with van der Waals surface area (Å²) in [5.41, 5.74) is 0.900. The zero-order valence-corrected chi connectivity index (χ0v) is 16.5. The Kier molecular flexibility index (Phi) is 4.97. The van der Waals surface area contributed by atoms with E-state index in [2.05, 4.69) is 10.3 Å². The molecule has 0 aliphatic rings. The van der Waals surface area contributed by atoms with Gasteiger partial charge in [-0.2, -0.15) is 0 Å². The van der Waals surface area contributed by atoms with E-state index in [1.54, 1.807) is 49.1 Å². The predicted molar refractivity (Wildman–Crippen MR) is 113 cm³/mol. The summed E-state index contributed by atoms with van der Waals surface area (Å²) in [7, 11) is 3.24. The average Bonchev–Trinajstić information content (AvgIpc) is 3.09. The lowest BCUT2D eigenvalue weighted by molar-refractivity contribution is 0.0952. The Bertz CT molecular complexity index is 1350. The van der Waals surface area contributed by atoms with Crippen LogP contribution in [-0.4, -0.2) is 27.1 Å². The smallest absolute Gasteiger partial charge is 0.333 e. The molecule has 2 aromatic carbocycles. The summed E-state index contributed by atoms with van der Waals surface area (Å²) in [5, 5.41) is 2.82. The molecule has 0 radical (unpaired) electrons. The van der Waals surface area contributed by atoms with Crippen molar-refractivity contribution < 1.29 is 9.53 Å². The number of methoxy groups -OCH3 is 1. The summed E-state index contributed by atoms with van der Waals surface area (Å²) in [5.74, 6) is 0.300. The van der Waals surface area contributed by atoms with Crippen LogP contribution in [0.2, 0.25) is 0 Å². The number of para-hydroxylation sites is 1. The zero-order chi connectivity index (χ0) is 21.3. The van der Waals surface area contributed by atoms with Gasteiger partial charge >= 0.3 is 5.69 Å². The van der Waals surface area contributed by atoms with Crippen LogP contribution in [0.5, 0.6) is 5.75 Å². The summed E-state index contributed by atoms with van der Waals surface area (Å²) in [6, 6.07) is 16.0. The van der Waals surface area contributed by atoms with Gasteiger partial charge in [-0.25, -0.2) is 9.36 Å². The molecule has 0 saturated carbocycles. The van der Waals surface area contributed by atoms with Crippen molar-refractivity contribution >= 4 is 16.9 Å². The first kappa shape index (κ1) is 19.3. The third-order valence-corrected chi connectivity index (χ3v) is 4.87. The maximum atomic E-state index is 13.0. The first-order valence-corrected chi connectivity index (χ1v) is 9.30. The molecule has 0 atom stereocenters. The molecule has 8 heteroatoms. The average molecular weight is 404 g/mol. The molecule has 2 heterocycles. The first-order valence-electron chi connectivity index (χ1n) is 9.30. The molecule has 0 saturated heterocycles. The second-order valence-corrected chi connectivity index (χ2v) is 6.82. The number of carbonyl (C=O) groups excluding carboxylic acids is 1. The second kappa shape index (κ2) is 7.75. The van der Waals surface area contributed by atoms with E-state index < -0.39 is 17.2 Å². The van der Waals surface area contributed by atoms with Crippen LogP contribution in [0, 0.1) is 0 Å². The fourth-order valence-electron chi connectivity index (χ4n) is 3.42.